The SMILES string of the molecule is O=S([NH2+]c1ccc(F)cc1)C(c1ccc(F)cc1)(c1ccc(F)cc1)c1ccc(F)cc1. The zero-order valence-corrected chi connectivity index (χ0v) is 17.5. The van der Waals surface area contributed by atoms with E-state index in [0.29, 0.717) is 22.4 Å². The highest BCUT2D eigenvalue weighted by Crippen LogP contribution is 2.41. The molecule has 4 aromatic carbocycles. The van der Waals surface area contributed by atoms with Gasteiger partial charge in [-0.3, -0.25) is 0 Å². The maximum atomic E-state index is 14.1. The summed E-state index contributed by atoms with van der Waals surface area (Å²) in [6.45, 7) is 0. The Bertz CT molecular complexity index is 1110. The summed E-state index contributed by atoms with van der Waals surface area (Å²) in [5, 5.41) is 0. The molecule has 2 N–H and O–H groups in total. The highest BCUT2D eigenvalue weighted by molar-refractivity contribution is 7.79. The summed E-state index contributed by atoms with van der Waals surface area (Å²) < 4.78 is 68.7. The molecule has 0 fully saturated rings. The number of halogens is 4. The lowest BCUT2D eigenvalue weighted by molar-refractivity contribution is -0.390. The Labute approximate surface area is 185 Å². The Balaban J connectivity index is 1.98. The minimum absolute atomic E-state index is 0.435. The molecule has 4 rings (SSSR count). The lowest BCUT2D eigenvalue weighted by Gasteiger charge is -2.32. The first-order valence-corrected chi connectivity index (χ1v) is 10.9. The number of nitrogens with two attached hydrogens (primary N) is 1. The number of benzene rings is 4. The van der Waals surface area contributed by atoms with Crippen molar-refractivity contribution in [3.05, 3.63) is 137 Å². The average molecular weight is 456 g/mol. The Hall–Kier alpha value is -3.29. The first-order valence-electron chi connectivity index (χ1n) is 9.69. The van der Waals surface area contributed by atoms with E-state index in [1.165, 1.54) is 102 Å². The molecule has 7 heteroatoms. The van der Waals surface area contributed by atoms with Crippen molar-refractivity contribution in [1.82, 2.24) is 0 Å². The Morgan fingerprint density at radius 1 is 0.500 bits per heavy atom. The highest BCUT2D eigenvalue weighted by atomic mass is 32.2. The first kappa shape index (κ1) is 21.9. The van der Waals surface area contributed by atoms with Crippen LogP contribution in [0.5, 0.6) is 0 Å². The lowest BCUT2D eigenvalue weighted by atomic mass is 9.84. The van der Waals surface area contributed by atoms with E-state index in [0.717, 1.165) is 0 Å². The van der Waals surface area contributed by atoms with Gasteiger partial charge >= 0.3 is 0 Å². The second-order valence-corrected chi connectivity index (χ2v) is 8.61. The topological polar surface area (TPSA) is 33.7 Å². The van der Waals surface area contributed by atoms with Crippen LogP contribution in [-0.4, -0.2) is 4.21 Å². The Morgan fingerprint density at radius 2 is 0.781 bits per heavy atom. The molecular weight excluding hydrogens is 438 g/mol. The Morgan fingerprint density at radius 3 is 1.09 bits per heavy atom. The van der Waals surface area contributed by atoms with Gasteiger partial charge in [0.2, 0.25) is 11.0 Å². The third kappa shape index (κ3) is 4.22. The molecule has 0 aliphatic heterocycles. The van der Waals surface area contributed by atoms with Crippen molar-refractivity contribution in [3.63, 3.8) is 0 Å². The fourth-order valence-electron chi connectivity index (χ4n) is 3.66. The molecule has 162 valence electrons. The van der Waals surface area contributed by atoms with E-state index < -0.39 is 39.0 Å². The van der Waals surface area contributed by atoms with Gasteiger partial charge < -0.3 is 0 Å². The molecule has 0 heterocycles. The van der Waals surface area contributed by atoms with Crippen LogP contribution in [0.1, 0.15) is 16.7 Å². The van der Waals surface area contributed by atoms with Gasteiger partial charge in [0.15, 0.2) is 4.75 Å². The summed E-state index contributed by atoms with van der Waals surface area (Å²) >= 11 is 0. The molecule has 0 radical (unpaired) electrons. The summed E-state index contributed by atoms with van der Waals surface area (Å²) in [5.74, 6) is -1.87. The monoisotopic (exact) mass is 456 g/mol. The smallest absolute Gasteiger partial charge is 0.228 e. The van der Waals surface area contributed by atoms with Crippen molar-refractivity contribution in [2.75, 3.05) is 0 Å². The second kappa shape index (κ2) is 9.06. The maximum Gasteiger partial charge on any atom is 0.228 e. The van der Waals surface area contributed by atoms with Crippen LogP contribution >= 0.6 is 0 Å². The lowest BCUT2D eigenvalue weighted by Crippen LogP contribution is -2.82. The van der Waals surface area contributed by atoms with Gasteiger partial charge in [0.1, 0.15) is 29.0 Å². The molecule has 1 atom stereocenters. The summed E-state index contributed by atoms with van der Waals surface area (Å²) in [6, 6.07) is 21.9. The standard InChI is InChI=1S/C25H17F4NOS/c26-20-7-1-17(2-8-20)25(18-3-9-21(27)10-4-18,19-5-11-22(28)12-6-19)32(31)30-24-15-13-23(29)14-16-24/h1-16,30H/p+1. The highest BCUT2D eigenvalue weighted by Gasteiger charge is 2.46. The van der Waals surface area contributed by atoms with Crippen LogP contribution in [0.15, 0.2) is 97.1 Å². The van der Waals surface area contributed by atoms with Crippen LogP contribution in [0.25, 0.3) is 0 Å². The van der Waals surface area contributed by atoms with Crippen LogP contribution in [0.4, 0.5) is 23.2 Å². The van der Waals surface area contributed by atoms with Crippen LogP contribution in [0, 0.1) is 23.3 Å². The zero-order chi connectivity index (χ0) is 22.7. The molecule has 1 unspecified atom stereocenters. The van der Waals surface area contributed by atoms with Crippen molar-refractivity contribution < 1.29 is 26.5 Å². The van der Waals surface area contributed by atoms with E-state index in [2.05, 4.69) is 0 Å². The third-order valence-corrected chi connectivity index (χ3v) is 6.96. The molecule has 0 aliphatic rings. The second-order valence-electron chi connectivity index (χ2n) is 7.17. The molecule has 0 saturated carbocycles. The number of hydrogen-bond donors (Lipinski definition) is 1. The third-order valence-electron chi connectivity index (χ3n) is 5.17. The Kier molecular flexibility index (Phi) is 6.21. The van der Waals surface area contributed by atoms with Crippen molar-refractivity contribution >= 4 is 16.7 Å². The summed E-state index contributed by atoms with van der Waals surface area (Å²) in [5.41, 5.74) is 1.90. The molecule has 0 spiro atoms. The summed E-state index contributed by atoms with van der Waals surface area (Å²) in [6.07, 6.45) is 0. The van der Waals surface area contributed by atoms with Gasteiger partial charge in [-0.25, -0.2) is 22.3 Å². The fourth-order valence-corrected chi connectivity index (χ4v) is 5.34. The van der Waals surface area contributed by atoms with E-state index in [1.54, 1.807) is 0 Å². The van der Waals surface area contributed by atoms with E-state index in [4.69, 9.17) is 0 Å². The molecule has 4 aromatic rings. The molecular formula is C25H18F4NOS+. The average Bonchev–Trinajstić information content (AvgIpc) is 2.79. The zero-order valence-electron chi connectivity index (χ0n) is 16.6. The molecule has 0 saturated heterocycles. The van der Waals surface area contributed by atoms with Gasteiger partial charge in [0.05, 0.1) is 0 Å². The molecule has 0 bridgehead atoms. The minimum Gasteiger partial charge on any atom is -0.228 e. The van der Waals surface area contributed by atoms with Gasteiger partial charge in [0, 0.05) is 12.1 Å². The molecule has 2 nitrogen and oxygen atoms in total. The molecule has 0 aromatic heterocycles. The first-order chi connectivity index (χ1) is 15.4. The van der Waals surface area contributed by atoms with Crippen molar-refractivity contribution in [1.29, 1.82) is 0 Å². The number of rotatable bonds is 6. The number of quaternary nitrogens is 1. The maximum absolute atomic E-state index is 14.1. The van der Waals surface area contributed by atoms with Crippen LogP contribution < -0.4 is 4.72 Å². The van der Waals surface area contributed by atoms with Gasteiger partial charge in [-0.05, 0) is 65.2 Å². The van der Waals surface area contributed by atoms with E-state index >= 15 is 0 Å². The van der Waals surface area contributed by atoms with E-state index in [-0.39, 0.29) is 0 Å². The molecule has 32 heavy (non-hydrogen) atoms. The van der Waals surface area contributed by atoms with Gasteiger partial charge in [0.25, 0.3) is 0 Å². The van der Waals surface area contributed by atoms with Crippen molar-refractivity contribution in [3.8, 4) is 0 Å². The van der Waals surface area contributed by atoms with Crippen molar-refractivity contribution in [2.45, 2.75) is 4.75 Å². The van der Waals surface area contributed by atoms with Gasteiger partial charge in [-0.2, -0.15) is 4.21 Å². The molecule has 0 amide bonds. The largest absolute Gasteiger partial charge is 0.228 e. The fraction of sp³-hybridized carbons (Fsp3) is 0.0400. The summed E-state index contributed by atoms with van der Waals surface area (Å²) in [4.78, 5) is 0. The van der Waals surface area contributed by atoms with Gasteiger partial charge in [-0.1, -0.05) is 36.4 Å². The minimum atomic E-state index is -1.86. The van der Waals surface area contributed by atoms with Crippen molar-refractivity contribution in [2.24, 2.45) is 0 Å². The normalized spacial score (nSPS) is 12.5. The quantitative estimate of drug-likeness (QED) is 0.245. The predicted molar refractivity (Wildman–Crippen MR) is 115 cm³/mol. The number of hydrogen-bond acceptors (Lipinski definition) is 1. The van der Waals surface area contributed by atoms with E-state index in [1.807, 2.05) is 0 Å². The summed E-state index contributed by atoms with van der Waals surface area (Å²) in [7, 11) is -1.86. The van der Waals surface area contributed by atoms with Crippen LogP contribution in [0.2, 0.25) is 0 Å². The van der Waals surface area contributed by atoms with Crippen LogP contribution in [-0.2, 0) is 15.7 Å². The predicted octanol–water partition coefficient (Wildman–Crippen LogP) is 5.09. The van der Waals surface area contributed by atoms with E-state index in [9.17, 15) is 21.8 Å². The van der Waals surface area contributed by atoms with Gasteiger partial charge in [-0.15, -0.1) is 0 Å². The van der Waals surface area contributed by atoms with Crippen LogP contribution in [0.3, 0.4) is 0 Å². The molecule has 0 aliphatic carbocycles.